The molecule has 2 aliphatic carbocycles. The second-order valence-electron chi connectivity index (χ2n) is 13.7. The van der Waals surface area contributed by atoms with Crippen LogP contribution in [0.1, 0.15) is 90.2 Å². The van der Waals surface area contributed by atoms with Crippen molar-refractivity contribution < 1.29 is 23.9 Å². The lowest BCUT2D eigenvalue weighted by Crippen LogP contribution is -2.52. The van der Waals surface area contributed by atoms with Crippen LogP contribution in [0.25, 0.3) is 0 Å². The number of hydrogen-bond acceptors (Lipinski definition) is 5. The van der Waals surface area contributed by atoms with Crippen LogP contribution < -0.4 is 20.7 Å². The van der Waals surface area contributed by atoms with E-state index in [1.807, 2.05) is 75.4 Å². The van der Waals surface area contributed by atoms with Crippen molar-refractivity contribution in [2.45, 2.75) is 110 Å². The van der Waals surface area contributed by atoms with E-state index in [0.717, 1.165) is 68.2 Å². The minimum atomic E-state index is -0.649. The largest absolute Gasteiger partial charge is 0.489 e. The van der Waals surface area contributed by atoms with Crippen molar-refractivity contribution >= 4 is 17.9 Å². The van der Waals surface area contributed by atoms with Crippen LogP contribution in [0.5, 0.6) is 5.75 Å². The normalized spacial score (nSPS) is 22.7. The zero-order chi connectivity index (χ0) is 31.5. The van der Waals surface area contributed by atoms with Gasteiger partial charge in [0, 0.05) is 24.9 Å². The van der Waals surface area contributed by atoms with E-state index < -0.39 is 17.7 Å². The molecule has 1 atom stereocenters. The van der Waals surface area contributed by atoms with Gasteiger partial charge in [0.05, 0.1) is 0 Å². The molecule has 0 saturated heterocycles. The van der Waals surface area contributed by atoms with Crippen LogP contribution in [-0.4, -0.2) is 42.1 Å². The monoisotopic (exact) mass is 605 g/mol. The molecule has 8 heteroatoms. The number of rotatable bonds is 11. The Hall–Kier alpha value is -3.55. The highest BCUT2D eigenvalue weighted by molar-refractivity contribution is 5.89. The summed E-state index contributed by atoms with van der Waals surface area (Å²) >= 11 is 0. The Morgan fingerprint density at radius 1 is 0.841 bits per heavy atom. The van der Waals surface area contributed by atoms with Gasteiger partial charge in [-0.05, 0) is 107 Å². The average Bonchev–Trinajstić information content (AvgIpc) is 3.00. The van der Waals surface area contributed by atoms with E-state index in [0.29, 0.717) is 31.4 Å². The summed E-state index contributed by atoms with van der Waals surface area (Å²) in [5.74, 6) is 1.43. The lowest BCUT2D eigenvalue weighted by atomic mass is 9.81. The number of benzene rings is 2. The Kier molecular flexibility index (Phi) is 12.1. The molecule has 0 heterocycles. The van der Waals surface area contributed by atoms with Gasteiger partial charge in [0.15, 0.2) is 0 Å². The molecule has 240 valence electrons. The van der Waals surface area contributed by atoms with Crippen molar-refractivity contribution in [1.82, 2.24) is 16.0 Å². The molecule has 44 heavy (non-hydrogen) atoms. The molecule has 3 amide bonds. The third-order valence-electron chi connectivity index (χ3n) is 8.76. The number of carbonyl (C=O) groups excluding carboxylic acids is 3. The molecule has 0 aromatic heterocycles. The summed E-state index contributed by atoms with van der Waals surface area (Å²) in [7, 11) is 0. The van der Waals surface area contributed by atoms with Gasteiger partial charge in [-0.1, -0.05) is 49.4 Å². The number of carbonyl (C=O) groups is 3. The second-order valence-corrected chi connectivity index (χ2v) is 13.7. The van der Waals surface area contributed by atoms with Gasteiger partial charge in [0.2, 0.25) is 11.8 Å². The van der Waals surface area contributed by atoms with Crippen molar-refractivity contribution in [2.75, 3.05) is 6.54 Å². The molecular formula is C36H51N3O5. The second kappa shape index (κ2) is 16.0. The molecule has 2 aromatic carbocycles. The molecule has 8 nitrogen and oxygen atoms in total. The Morgan fingerprint density at radius 3 is 2.14 bits per heavy atom. The maximum absolute atomic E-state index is 13.5. The predicted molar refractivity (Wildman–Crippen MR) is 172 cm³/mol. The zero-order valence-electron chi connectivity index (χ0n) is 26.9. The number of nitrogens with one attached hydrogen (secondary N) is 3. The quantitative estimate of drug-likeness (QED) is 0.278. The van der Waals surface area contributed by atoms with Crippen LogP contribution in [0.4, 0.5) is 4.79 Å². The highest BCUT2D eigenvalue weighted by Gasteiger charge is 2.31. The first-order valence-corrected chi connectivity index (χ1v) is 16.4. The number of hydrogen-bond donors (Lipinski definition) is 3. The molecule has 2 aromatic rings. The van der Waals surface area contributed by atoms with Gasteiger partial charge in [-0.3, -0.25) is 9.59 Å². The summed E-state index contributed by atoms with van der Waals surface area (Å²) in [5.41, 5.74) is 1.53. The first-order chi connectivity index (χ1) is 21.0. The Labute approximate surface area is 263 Å². The fourth-order valence-electron chi connectivity index (χ4n) is 6.07. The van der Waals surface area contributed by atoms with Crippen LogP contribution >= 0.6 is 0 Å². The van der Waals surface area contributed by atoms with Crippen molar-refractivity contribution in [3.63, 3.8) is 0 Å². The summed E-state index contributed by atoms with van der Waals surface area (Å²) < 4.78 is 11.3. The van der Waals surface area contributed by atoms with E-state index in [9.17, 15) is 14.4 Å². The summed E-state index contributed by atoms with van der Waals surface area (Å²) in [4.78, 5) is 39.0. The molecule has 2 fully saturated rings. The van der Waals surface area contributed by atoms with E-state index in [-0.39, 0.29) is 23.8 Å². The maximum Gasteiger partial charge on any atom is 0.407 e. The highest BCUT2D eigenvalue weighted by atomic mass is 16.6. The fraction of sp³-hybridized carbons (Fsp3) is 0.583. The maximum atomic E-state index is 13.5. The molecular weight excluding hydrogens is 554 g/mol. The van der Waals surface area contributed by atoms with Gasteiger partial charge in [0.1, 0.15) is 24.0 Å². The molecule has 2 saturated carbocycles. The van der Waals surface area contributed by atoms with E-state index >= 15 is 0 Å². The molecule has 2 aliphatic rings. The first-order valence-electron chi connectivity index (χ1n) is 16.4. The summed E-state index contributed by atoms with van der Waals surface area (Å²) in [6.07, 6.45) is 7.32. The molecule has 0 aliphatic heterocycles. The number of ether oxygens (including phenoxy) is 2. The predicted octanol–water partition coefficient (Wildman–Crippen LogP) is 6.32. The van der Waals surface area contributed by atoms with Crippen LogP contribution in [0.15, 0.2) is 54.6 Å². The van der Waals surface area contributed by atoms with E-state index in [1.165, 1.54) is 0 Å². The molecule has 0 spiro atoms. The van der Waals surface area contributed by atoms with Crippen molar-refractivity contribution in [2.24, 2.45) is 17.8 Å². The standard InChI is InChI=1S/C36H51N3O5/c1-25-10-18-30(19-11-25)38-34(41)32(22-26-14-20-31(21-15-26)43-24-28-8-6-5-7-9-28)39-33(40)29-16-12-27(13-17-29)23-37-35(42)44-36(2,3)4/h5-9,14-15,20-21,25,27,29-30,32H,10-13,16-19,22-24H2,1-4H3,(H,37,42)(H,38,41)(H,39,40)/t25?,27-,29-,30?,32-/m0/s1. The smallest absolute Gasteiger partial charge is 0.407 e. The molecule has 0 unspecified atom stereocenters. The van der Waals surface area contributed by atoms with Gasteiger partial charge in [0.25, 0.3) is 0 Å². The van der Waals surface area contributed by atoms with E-state index in [1.54, 1.807) is 0 Å². The lowest BCUT2D eigenvalue weighted by molar-refractivity contribution is -0.132. The Bertz CT molecular complexity index is 1190. The average molecular weight is 606 g/mol. The van der Waals surface area contributed by atoms with Gasteiger partial charge >= 0.3 is 6.09 Å². The molecule has 0 bridgehead atoms. The van der Waals surface area contributed by atoms with Crippen LogP contribution in [-0.2, 0) is 27.4 Å². The summed E-state index contributed by atoms with van der Waals surface area (Å²) in [5, 5.41) is 9.22. The third kappa shape index (κ3) is 11.2. The van der Waals surface area contributed by atoms with Crippen molar-refractivity contribution in [3.8, 4) is 5.75 Å². The minimum Gasteiger partial charge on any atom is -0.489 e. The van der Waals surface area contributed by atoms with Crippen molar-refractivity contribution in [1.29, 1.82) is 0 Å². The summed E-state index contributed by atoms with van der Waals surface area (Å²) in [6, 6.07) is 17.3. The molecule has 3 N–H and O–H groups in total. The van der Waals surface area contributed by atoms with Gasteiger partial charge in [-0.15, -0.1) is 0 Å². The topological polar surface area (TPSA) is 106 Å². The van der Waals surface area contributed by atoms with Crippen LogP contribution in [0, 0.1) is 17.8 Å². The Balaban J connectivity index is 1.31. The highest BCUT2D eigenvalue weighted by Crippen LogP contribution is 2.29. The lowest BCUT2D eigenvalue weighted by Gasteiger charge is -2.31. The fourth-order valence-corrected chi connectivity index (χ4v) is 6.07. The number of amides is 3. The minimum absolute atomic E-state index is 0.0659. The summed E-state index contributed by atoms with van der Waals surface area (Å²) in [6.45, 7) is 8.82. The zero-order valence-corrected chi connectivity index (χ0v) is 26.9. The van der Waals surface area contributed by atoms with Crippen molar-refractivity contribution in [3.05, 3.63) is 65.7 Å². The van der Waals surface area contributed by atoms with Crippen LogP contribution in [0.3, 0.4) is 0 Å². The van der Waals surface area contributed by atoms with E-state index in [4.69, 9.17) is 9.47 Å². The van der Waals surface area contributed by atoms with Crippen LogP contribution in [0.2, 0.25) is 0 Å². The SMILES string of the molecule is CC1CCC(NC(=O)[C@H](Cc2ccc(OCc3ccccc3)cc2)NC(=O)[C@H]2CC[C@H](CNC(=O)OC(C)(C)C)CC2)CC1. The Morgan fingerprint density at radius 2 is 1.50 bits per heavy atom. The molecule has 4 rings (SSSR count). The first kappa shape index (κ1) is 33.3. The third-order valence-corrected chi connectivity index (χ3v) is 8.76. The molecule has 0 radical (unpaired) electrons. The van der Waals surface area contributed by atoms with Gasteiger partial charge < -0.3 is 25.4 Å². The number of alkyl carbamates (subject to hydrolysis) is 1. The van der Waals surface area contributed by atoms with Gasteiger partial charge in [-0.25, -0.2) is 4.79 Å². The van der Waals surface area contributed by atoms with E-state index in [2.05, 4.69) is 22.9 Å². The van der Waals surface area contributed by atoms with Gasteiger partial charge in [-0.2, -0.15) is 0 Å².